The predicted octanol–water partition coefficient (Wildman–Crippen LogP) is 5.06. The number of halogens is 3. The lowest BCUT2D eigenvalue weighted by Gasteiger charge is -2.25. The summed E-state index contributed by atoms with van der Waals surface area (Å²) in [7, 11) is 0. The Bertz CT molecular complexity index is 1410. The maximum absolute atomic E-state index is 13.4. The highest BCUT2D eigenvalue weighted by Crippen LogP contribution is 2.54. The molecule has 0 bridgehead atoms. The molecule has 1 aliphatic heterocycles. The van der Waals surface area contributed by atoms with Gasteiger partial charge >= 0.3 is 12.2 Å². The van der Waals surface area contributed by atoms with Crippen LogP contribution in [0.5, 0.6) is 0 Å². The molecule has 3 aromatic rings. The third-order valence-corrected chi connectivity index (χ3v) is 8.30. The topological polar surface area (TPSA) is 114 Å². The second-order valence-corrected chi connectivity index (χ2v) is 11.4. The minimum atomic E-state index is -4.50. The van der Waals surface area contributed by atoms with Crippen molar-refractivity contribution in [1.82, 2.24) is 25.7 Å². The van der Waals surface area contributed by atoms with Crippen LogP contribution in [0.4, 0.5) is 18.0 Å². The highest BCUT2D eigenvalue weighted by Gasteiger charge is 2.49. The van der Waals surface area contributed by atoms with Crippen molar-refractivity contribution >= 4 is 23.0 Å². The number of nitrogens with zero attached hydrogens (tertiary/aromatic N) is 3. The molecular formula is C27H28F3N5O4. The van der Waals surface area contributed by atoms with Gasteiger partial charge in [-0.05, 0) is 74.0 Å². The van der Waals surface area contributed by atoms with E-state index in [1.807, 2.05) is 5.32 Å². The van der Waals surface area contributed by atoms with E-state index in [1.165, 1.54) is 6.26 Å². The Morgan fingerprint density at radius 3 is 2.54 bits per heavy atom. The number of nitrogens with one attached hydrogen (secondary N) is 2. The highest BCUT2D eigenvalue weighted by atomic mass is 19.4. The van der Waals surface area contributed by atoms with E-state index in [2.05, 4.69) is 10.5 Å². The van der Waals surface area contributed by atoms with Gasteiger partial charge in [0.25, 0.3) is 5.91 Å². The zero-order chi connectivity index (χ0) is 26.9. The number of oxazole rings is 1. The maximum Gasteiger partial charge on any atom is 0.410 e. The van der Waals surface area contributed by atoms with Gasteiger partial charge in [0.05, 0.1) is 12.2 Å². The predicted molar refractivity (Wildman–Crippen MR) is 130 cm³/mol. The van der Waals surface area contributed by atoms with Gasteiger partial charge < -0.3 is 24.5 Å². The molecular weight excluding hydrogens is 515 g/mol. The number of hydrogen-bond acceptors (Lipinski definition) is 6. The summed E-state index contributed by atoms with van der Waals surface area (Å²) >= 11 is 0. The quantitative estimate of drug-likeness (QED) is 0.390. The summed E-state index contributed by atoms with van der Waals surface area (Å²) in [6.45, 7) is -0.435. The number of urea groups is 1. The number of alkyl halides is 3. The minimum Gasteiger partial charge on any atom is -0.438 e. The molecule has 3 saturated carbocycles. The third kappa shape index (κ3) is 4.85. The van der Waals surface area contributed by atoms with E-state index in [-0.39, 0.29) is 24.3 Å². The molecule has 4 aliphatic rings. The van der Waals surface area contributed by atoms with Crippen LogP contribution in [0.25, 0.3) is 11.1 Å². The Kier molecular flexibility index (Phi) is 5.64. The summed E-state index contributed by atoms with van der Waals surface area (Å²) in [6, 6.07) is 2.10. The van der Waals surface area contributed by atoms with Crippen molar-refractivity contribution in [2.24, 2.45) is 17.8 Å². The van der Waals surface area contributed by atoms with Gasteiger partial charge in [0, 0.05) is 12.5 Å². The molecule has 3 heterocycles. The number of aromatic nitrogens is 2. The van der Waals surface area contributed by atoms with Gasteiger partial charge in [0.15, 0.2) is 5.58 Å². The number of hydrogen-bond donors (Lipinski definition) is 2. The van der Waals surface area contributed by atoms with Crippen LogP contribution in [0.3, 0.4) is 0 Å². The number of carbonyl (C=O) groups is 2. The van der Waals surface area contributed by atoms with E-state index in [9.17, 15) is 22.8 Å². The minimum absolute atomic E-state index is 0.0148. The molecule has 4 fully saturated rings. The normalized spacial score (nSPS) is 22.5. The second-order valence-electron chi connectivity index (χ2n) is 11.4. The van der Waals surface area contributed by atoms with E-state index in [4.69, 9.17) is 13.9 Å². The van der Waals surface area contributed by atoms with E-state index in [0.717, 1.165) is 43.4 Å². The maximum atomic E-state index is 13.4. The van der Waals surface area contributed by atoms with E-state index in [1.54, 1.807) is 18.2 Å². The van der Waals surface area contributed by atoms with E-state index in [0.29, 0.717) is 45.6 Å². The van der Waals surface area contributed by atoms with Crippen molar-refractivity contribution in [2.75, 3.05) is 6.54 Å². The van der Waals surface area contributed by atoms with Gasteiger partial charge in [-0.3, -0.25) is 4.79 Å². The van der Waals surface area contributed by atoms with E-state index < -0.39 is 30.8 Å². The van der Waals surface area contributed by atoms with Gasteiger partial charge in [0.2, 0.25) is 5.89 Å². The van der Waals surface area contributed by atoms with Crippen LogP contribution in [-0.2, 0) is 6.54 Å². The highest BCUT2D eigenvalue weighted by molar-refractivity contribution is 5.95. The average Bonchev–Trinajstić information content (AvgIpc) is 3.84. The molecule has 0 radical (unpaired) electrons. The standard InChI is InChI=1S/C27H28F3N5O4/c28-27(29,30)20-11-35(26(37)32-20)10-13-1-8-19-18(9-13)31-25(39-19)23(21(14-2-3-14)15-4-5-15)33-24(36)17-12-38-34-22(17)16-6-7-16/h1,8-9,12,14-16,20-21,23H,2-7,10-11H2,(H,32,37)(H,33,36)/t20-,23-/m0/s1. The number of carbonyl (C=O) groups excluding carboxylic acids is 2. The summed E-state index contributed by atoms with van der Waals surface area (Å²) in [5.74, 6) is 1.62. The fourth-order valence-electron chi connectivity index (χ4n) is 5.85. The van der Waals surface area contributed by atoms with Gasteiger partial charge in [0.1, 0.15) is 29.4 Å². The third-order valence-electron chi connectivity index (χ3n) is 8.30. The van der Waals surface area contributed by atoms with Gasteiger partial charge in [-0.2, -0.15) is 13.2 Å². The van der Waals surface area contributed by atoms with Crippen molar-refractivity contribution in [3.05, 3.63) is 47.2 Å². The summed E-state index contributed by atoms with van der Waals surface area (Å²) in [5.41, 5.74) is 2.83. The monoisotopic (exact) mass is 543 g/mol. The average molecular weight is 544 g/mol. The van der Waals surface area contributed by atoms with Crippen LogP contribution in [0.15, 0.2) is 33.4 Å². The molecule has 1 aromatic carbocycles. The summed E-state index contributed by atoms with van der Waals surface area (Å²) in [5, 5.41) is 9.24. The molecule has 2 atom stereocenters. The van der Waals surface area contributed by atoms with Crippen LogP contribution >= 0.6 is 0 Å². The lowest BCUT2D eigenvalue weighted by molar-refractivity contribution is -0.149. The second kappa shape index (κ2) is 8.99. The fraction of sp³-hybridized carbons (Fsp3) is 0.556. The van der Waals surface area contributed by atoms with Crippen molar-refractivity contribution in [2.45, 2.75) is 69.2 Å². The molecule has 3 amide bonds. The first-order valence-electron chi connectivity index (χ1n) is 13.5. The first-order valence-corrected chi connectivity index (χ1v) is 13.5. The SMILES string of the molecule is O=C(N[C@H](c1nc2cc(CN3C[C@@H](C(F)(F)F)NC3=O)ccc2o1)C(C1CC1)C1CC1)c1conc1C1CC1. The Morgan fingerprint density at radius 2 is 1.90 bits per heavy atom. The number of amides is 3. The van der Waals surface area contributed by atoms with E-state index >= 15 is 0 Å². The Labute approximate surface area is 221 Å². The smallest absolute Gasteiger partial charge is 0.410 e. The molecule has 0 spiro atoms. The van der Waals surface area contributed by atoms with Crippen molar-refractivity contribution in [3.8, 4) is 0 Å². The zero-order valence-electron chi connectivity index (χ0n) is 21.0. The molecule has 9 nitrogen and oxygen atoms in total. The lowest BCUT2D eigenvalue weighted by atomic mass is 9.89. The first kappa shape index (κ1) is 24.5. The summed E-state index contributed by atoms with van der Waals surface area (Å²) in [6.07, 6.45) is 3.31. The van der Waals surface area contributed by atoms with Crippen LogP contribution in [-0.4, -0.2) is 45.7 Å². The van der Waals surface area contributed by atoms with Crippen molar-refractivity contribution in [3.63, 3.8) is 0 Å². The number of benzene rings is 1. The van der Waals surface area contributed by atoms with Crippen LogP contribution < -0.4 is 10.6 Å². The Hall–Kier alpha value is -3.57. The molecule has 206 valence electrons. The first-order chi connectivity index (χ1) is 18.7. The zero-order valence-corrected chi connectivity index (χ0v) is 21.0. The number of fused-ring (bicyclic) bond motifs is 1. The molecule has 2 N–H and O–H groups in total. The molecule has 0 unspecified atom stereocenters. The summed E-state index contributed by atoms with van der Waals surface area (Å²) < 4.78 is 50.5. The molecule has 2 aromatic heterocycles. The largest absolute Gasteiger partial charge is 0.438 e. The molecule has 12 heteroatoms. The van der Waals surface area contributed by atoms with Gasteiger partial charge in [-0.15, -0.1) is 0 Å². The Balaban J connectivity index is 1.15. The molecule has 7 rings (SSSR count). The lowest BCUT2D eigenvalue weighted by Crippen LogP contribution is -2.40. The van der Waals surface area contributed by atoms with Gasteiger partial charge in [-0.25, -0.2) is 9.78 Å². The van der Waals surface area contributed by atoms with Crippen molar-refractivity contribution < 1.29 is 31.7 Å². The fourth-order valence-corrected chi connectivity index (χ4v) is 5.85. The van der Waals surface area contributed by atoms with Crippen LogP contribution in [0.1, 0.15) is 78.0 Å². The van der Waals surface area contributed by atoms with Crippen LogP contribution in [0, 0.1) is 17.8 Å². The molecule has 39 heavy (non-hydrogen) atoms. The Morgan fingerprint density at radius 1 is 1.15 bits per heavy atom. The van der Waals surface area contributed by atoms with Crippen LogP contribution in [0.2, 0.25) is 0 Å². The molecule has 3 aliphatic carbocycles. The van der Waals surface area contributed by atoms with Crippen molar-refractivity contribution in [1.29, 1.82) is 0 Å². The summed E-state index contributed by atoms with van der Waals surface area (Å²) in [4.78, 5) is 31.4. The number of rotatable bonds is 9. The molecule has 1 saturated heterocycles. The van der Waals surface area contributed by atoms with Gasteiger partial charge in [-0.1, -0.05) is 11.2 Å².